The van der Waals surface area contributed by atoms with Crippen LogP contribution in [0.4, 0.5) is 8.78 Å². The molecule has 3 rings (SSSR count). The summed E-state index contributed by atoms with van der Waals surface area (Å²) >= 11 is 0. The van der Waals surface area contributed by atoms with Crippen molar-refractivity contribution in [1.82, 2.24) is 15.3 Å². The molecule has 0 saturated carbocycles. The fourth-order valence-electron chi connectivity index (χ4n) is 4.26. The van der Waals surface area contributed by atoms with E-state index >= 15 is 0 Å². The van der Waals surface area contributed by atoms with Crippen molar-refractivity contribution in [2.45, 2.75) is 44.6 Å². The van der Waals surface area contributed by atoms with Gasteiger partial charge in [-0.15, -0.1) is 0 Å². The summed E-state index contributed by atoms with van der Waals surface area (Å²) in [6, 6.07) is 12.6. The van der Waals surface area contributed by atoms with Crippen LogP contribution in [0.2, 0.25) is 0 Å². The van der Waals surface area contributed by atoms with Crippen LogP contribution in [0.3, 0.4) is 0 Å². The fourth-order valence-corrected chi connectivity index (χ4v) is 4.26. The van der Waals surface area contributed by atoms with Gasteiger partial charge in [0, 0.05) is 39.0 Å². The highest BCUT2D eigenvalue weighted by Gasteiger charge is 2.28. The van der Waals surface area contributed by atoms with Gasteiger partial charge in [-0.25, -0.2) is 14.3 Å². The van der Waals surface area contributed by atoms with Crippen LogP contribution in [-0.2, 0) is 9.59 Å². The van der Waals surface area contributed by atoms with E-state index in [1.165, 1.54) is 24.3 Å². The summed E-state index contributed by atoms with van der Waals surface area (Å²) < 4.78 is 26.9. The molecule has 1 aliphatic rings. The average molecular weight is 460 g/mol. The van der Waals surface area contributed by atoms with Crippen molar-refractivity contribution in [3.63, 3.8) is 0 Å². The van der Waals surface area contributed by atoms with Crippen molar-refractivity contribution in [2.24, 2.45) is 0 Å². The van der Waals surface area contributed by atoms with E-state index in [0.717, 1.165) is 30.4 Å². The second-order valence-electron chi connectivity index (χ2n) is 8.37. The number of carbonyl (C=O) groups excluding carboxylic acids is 2. The lowest BCUT2D eigenvalue weighted by Gasteiger charge is -2.40. The van der Waals surface area contributed by atoms with Gasteiger partial charge >= 0.3 is 0 Å². The average Bonchev–Trinajstić information content (AvgIpc) is 2.84. The van der Waals surface area contributed by atoms with Crippen LogP contribution in [0.25, 0.3) is 0 Å². The Hall–Kier alpha value is -2.84. The minimum atomic E-state index is -0.386. The summed E-state index contributed by atoms with van der Waals surface area (Å²) in [7, 11) is 0. The monoisotopic (exact) mass is 459 g/mol. The van der Waals surface area contributed by atoms with Crippen LogP contribution < -0.4 is 5.48 Å². The van der Waals surface area contributed by atoms with E-state index in [0.29, 0.717) is 39.0 Å². The molecular weight excluding hydrogens is 428 g/mol. The number of piperazine rings is 1. The first-order chi connectivity index (χ1) is 16.0. The molecule has 1 saturated heterocycles. The second kappa shape index (κ2) is 12.4. The Morgan fingerprint density at radius 3 is 1.76 bits per heavy atom. The molecule has 0 radical (unpaired) electrons. The molecule has 0 spiro atoms. The number of nitrogens with zero attached hydrogens (tertiary/aromatic N) is 2. The summed E-state index contributed by atoms with van der Waals surface area (Å²) in [5, 5.41) is 8.48. The molecule has 33 heavy (non-hydrogen) atoms. The van der Waals surface area contributed by atoms with Crippen LogP contribution in [-0.4, -0.2) is 53.0 Å². The van der Waals surface area contributed by atoms with Crippen molar-refractivity contribution in [3.05, 3.63) is 71.3 Å². The standard InChI is InChI=1S/C25H31F2N3O3/c26-21-11-7-19(8-12-21)25(20-9-13-22(27)14-10-20)30-17-15-29(16-18-30)24(32)6-4-2-1-3-5-23(31)28-33/h7-14,25,33H,1-6,15-18H2,(H,28,31). The highest BCUT2D eigenvalue weighted by molar-refractivity contribution is 5.76. The number of amides is 2. The van der Waals surface area contributed by atoms with Gasteiger partial charge in [-0.3, -0.25) is 19.7 Å². The van der Waals surface area contributed by atoms with Gasteiger partial charge in [-0.1, -0.05) is 37.1 Å². The lowest BCUT2D eigenvalue weighted by Crippen LogP contribution is -2.49. The Morgan fingerprint density at radius 2 is 1.27 bits per heavy atom. The minimum absolute atomic E-state index is 0.128. The van der Waals surface area contributed by atoms with E-state index in [9.17, 15) is 18.4 Å². The zero-order chi connectivity index (χ0) is 23.6. The van der Waals surface area contributed by atoms with Crippen molar-refractivity contribution in [1.29, 1.82) is 0 Å². The minimum Gasteiger partial charge on any atom is -0.340 e. The molecule has 0 aliphatic carbocycles. The first-order valence-corrected chi connectivity index (χ1v) is 11.4. The molecule has 1 fully saturated rings. The number of hydrogen-bond donors (Lipinski definition) is 2. The quantitative estimate of drug-likeness (QED) is 0.320. The van der Waals surface area contributed by atoms with Crippen molar-refractivity contribution < 1.29 is 23.6 Å². The zero-order valence-electron chi connectivity index (χ0n) is 18.7. The van der Waals surface area contributed by atoms with Crippen LogP contribution in [0.5, 0.6) is 0 Å². The summed E-state index contributed by atoms with van der Waals surface area (Å²) in [6.45, 7) is 2.55. The lowest BCUT2D eigenvalue weighted by molar-refractivity contribution is -0.133. The Kier molecular flexibility index (Phi) is 9.33. The van der Waals surface area contributed by atoms with E-state index < -0.39 is 0 Å². The van der Waals surface area contributed by atoms with Gasteiger partial charge in [-0.05, 0) is 48.2 Å². The highest BCUT2D eigenvalue weighted by Crippen LogP contribution is 2.30. The lowest BCUT2D eigenvalue weighted by atomic mass is 9.96. The number of unbranched alkanes of at least 4 members (excludes halogenated alkanes) is 3. The van der Waals surface area contributed by atoms with Crippen LogP contribution in [0.15, 0.2) is 48.5 Å². The van der Waals surface area contributed by atoms with Gasteiger partial charge < -0.3 is 4.90 Å². The third kappa shape index (κ3) is 7.33. The molecule has 8 heteroatoms. The molecule has 2 aromatic carbocycles. The van der Waals surface area contributed by atoms with Crippen LogP contribution in [0, 0.1) is 11.6 Å². The first kappa shape index (κ1) is 24.8. The number of rotatable bonds is 10. The molecule has 2 amide bonds. The summed E-state index contributed by atoms with van der Waals surface area (Å²) in [6.07, 6.45) is 3.93. The molecule has 1 aliphatic heterocycles. The van der Waals surface area contributed by atoms with Crippen LogP contribution in [0.1, 0.15) is 55.7 Å². The molecule has 0 unspecified atom stereocenters. The van der Waals surface area contributed by atoms with Gasteiger partial charge in [0.05, 0.1) is 6.04 Å². The predicted molar refractivity (Wildman–Crippen MR) is 120 cm³/mol. The van der Waals surface area contributed by atoms with E-state index in [1.54, 1.807) is 29.7 Å². The Labute approximate surface area is 193 Å². The Morgan fingerprint density at radius 1 is 0.788 bits per heavy atom. The highest BCUT2D eigenvalue weighted by atomic mass is 19.1. The molecule has 2 aromatic rings. The second-order valence-corrected chi connectivity index (χ2v) is 8.37. The maximum absolute atomic E-state index is 13.5. The fraction of sp³-hybridized carbons (Fsp3) is 0.440. The maximum Gasteiger partial charge on any atom is 0.243 e. The number of hydrogen-bond acceptors (Lipinski definition) is 4. The summed E-state index contributed by atoms with van der Waals surface area (Å²) in [5.41, 5.74) is 3.47. The smallest absolute Gasteiger partial charge is 0.243 e. The number of halogens is 2. The van der Waals surface area contributed by atoms with Gasteiger partial charge in [-0.2, -0.15) is 0 Å². The van der Waals surface area contributed by atoms with E-state index in [1.807, 2.05) is 4.90 Å². The topological polar surface area (TPSA) is 72.9 Å². The van der Waals surface area contributed by atoms with E-state index in [4.69, 9.17) is 5.21 Å². The number of nitrogens with one attached hydrogen (secondary N) is 1. The predicted octanol–water partition coefficient (Wildman–Crippen LogP) is 4.04. The maximum atomic E-state index is 13.5. The first-order valence-electron chi connectivity index (χ1n) is 11.4. The molecule has 1 heterocycles. The van der Waals surface area contributed by atoms with Crippen molar-refractivity contribution in [3.8, 4) is 0 Å². The number of hydroxylamine groups is 1. The van der Waals surface area contributed by atoms with Gasteiger partial charge in [0.15, 0.2) is 0 Å². The molecule has 2 N–H and O–H groups in total. The normalized spacial score (nSPS) is 14.5. The molecular formula is C25H31F2N3O3. The SMILES string of the molecule is O=C(CCCCCCC(=O)N1CCN(C(c2ccc(F)cc2)c2ccc(F)cc2)CC1)NO. The Bertz CT molecular complexity index is 853. The molecule has 0 aromatic heterocycles. The van der Waals surface area contributed by atoms with Gasteiger partial charge in [0.1, 0.15) is 11.6 Å². The van der Waals surface area contributed by atoms with Crippen molar-refractivity contribution in [2.75, 3.05) is 26.2 Å². The molecule has 0 bridgehead atoms. The largest absolute Gasteiger partial charge is 0.340 e. The summed E-state index contributed by atoms with van der Waals surface area (Å²) in [5.74, 6) is -0.862. The molecule has 178 valence electrons. The molecule has 0 atom stereocenters. The van der Waals surface area contributed by atoms with E-state index in [2.05, 4.69) is 4.90 Å². The van der Waals surface area contributed by atoms with E-state index in [-0.39, 0.29) is 35.9 Å². The number of carbonyl (C=O) groups is 2. The van der Waals surface area contributed by atoms with Gasteiger partial charge in [0.25, 0.3) is 0 Å². The van der Waals surface area contributed by atoms with Crippen molar-refractivity contribution >= 4 is 11.8 Å². The molecule has 6 nitrogen and oxygen atoms in total. The third-order valence-electron chi connectivity index (χ3n) is 6.07. The zero-order valence-corrected chi connectivity index (χ0v) is 18.7. The Balaban J connectivity index is 1.52. The third-order valence-corrected chi connectivity index (χ3v) is 6.07. The van der Waals surface area contributed by atoms with Gasteiger partial charge in [0.2, 0.25) is 11.8 Å². The number of benzene rings is 2. The summed E-state index contributed by atoms with van der Waals surface area (Å²) in [4.78, 5) is 27.7. The van der Waals surface area contributed by atoms with Crippen LogP contribution >= 0.6 is 0 Å².